The van der Waals surface area contributed by atoms with Crippen molar-refractivity contribution in [3.05, 3.63) is 154 Å². The number of nitrogens with zero attached hydrogens (tertiary/aromatic N) is 2. The van der Waals surface area contributed by atoms with Gasteiger partial charge in [0.05, 0.1) is 12.8 Å². The summed E-state index contributed by atoms with van der Waals surface area (Å²) in [5.41, 5.74) is 5.70. The van der Waals surface area contributed by atoms with Crippen LogP contribution in [-0.4, -0.2) is 68.6 Å². The van der Waals surface area contributed by atoms with Crippen molar-refractivity contribution in [3.8, 4) is 0 Å². The predicted octanol–water partition coefficient (Wildman–Crippen LogP) is 8.63. The average molecular weight is 993 g/mol. The number of alkyl carbamates (subject to hydrolysis) is 2. The molecule has 0 aliphatic heterocycles. The van der Waals surface area contributed by atoms with Crippen LogP contribution in [0.3, 0.4) is 0 Å². The van der Waals surface area contributed by atoms with Crippen molar-refractivity contribution >= 4 is 36.1 Å². The van der Waals surface area contributed by atoms with Gasteiger partial charge in [-0.1, -0.05) is 100 Å². The number of carboxylic acid groups (broad SMARTS) is 4. The zero-order valence-corrected chi connectivity index (χ0v) is 41.6. The lowest BCUT2D eigenvalue weighted by Gasteiger charge is -2.15. The average Bonchev–Trinajstić information content (AvgIpc) is 3.35. The Hall–Kier alpha value is -7.36. The minimum Gasteiger partial charge on any atom is -0.480 e. The van der Waals surface area contributed by atoms with E-state index in [9.17, 15) is 49.2 Å². The van der Waals surface area contributed by atoms with E-state index in [0.717, 1.165) is 97.2 Å². The SMILES string of the molecule is CCCCCc1cc[n+](CCCC[C@H](NC(=O)OCc2ccccc2)C(=O)O)c(CC(=C/C(=O)O)/C(=C\C(=O)O)Cc2cc(CCCCC)cc[n+]2CCCC[C@H](NC(=O)OCc2ccccc2)C(=O)O)c1. The first-order chi connectivity index (χ1) is 34.7. The first-order valence-electron chi connectivity index (χ1n) is 25.0. The van der Waals surface area contributed by atoms with Crippen LogP contribution in [0.15, 0.2) is 121 Å². The van der Waals surface area contributed by atoms with E-state index in [2.05, 4.69) is 24.5 Å². The molecule has 0 spiro atoms. The molecule has 16 heteroatoms. The maximum absolute atomic E-state index is 12.6. The first kappa shape index (κ1) is 57.2. The van der Waals surface area contributed by atoms with Crippen LogP contribution >= 0.6 is 0 Å². The predicted molar refractivity (Wildman–Crippen MR) is 269 cm³/mol. The van der Waals surface area contributed by atoms with Crippen LogP contribution in [0.5, 0.6) is 0 Å². The van der Waals surface area contributed by atoms with Crippen molar-refractivity contribution in [3.63, 3.8) is 0 Å². The van der Waals surface area contributed by atoms with Crippen LogP contribution in [0.1, 0.15) is 125 Å². The molecule has 0 aliphatic rings. The first-order valence-corrected chi connectivity index (χ1v) is 25.0. The molecule has 0 fully saturated rings. The molecule has 16 nitrogen and oxygen atoms in total. The van der Waals surface area contributed by atoms with Crippen molar-refractivity contribution < 1.29 is 67.8 Å². The Labute approximate surface area is 422 Å². The Balaban J connectivity index is 1.54. The highest BCUT2D eigenvalue weighted by Gasteiger charge is 2.25. The number of pyridine rings is 2. The van der Waals surface area contributed by atoms with E-state index >= 15 is 0 Å². The van der Waals surface area contributed by atoms with Crippen molar-refractivity contribution in [1.82, 2.24) is 10.6 Å². The van der Waals surface area contributed by atoms with E-state index in [1.807, 2.05) is 82.2 Å². The smallest absolute Gasteiger partial charge is 0.408 e. The second kappa shape index (κ2) is 31.8. The zero-order chi connectivity index (χ0) is 52.1. The number of carboxylic acids is 4. The van der Waals surface area contributed by atoms with Crippen molar-refractivity contribution in [2.75, 3.05) is 0 Å². The molecule has 6 N–H and O–H groups in total. The Bertz CT molecular complexity index is 2270. The standard InChI is InChI=1S/C56H70N4O12/c1-3-5-9-19-41-27-31-59(29-17-15-25-49(53(65)66)57-55(69)71-39-43-21-11-7-12-22-43)47(33-41)35-45(37-51(61)62)46(38-52(63)64)36-48-34-42(20-10-6-4-2)28-32-60(48)30-18-16-26-50(54(67)68)58-56(70)72-40-44-23-13-8-14-24-44/h7-8,11-14,21-24,27-28,31-34,37-38,49-50H,3-6,9-10,15-20,25-26,29-30,35-36,39-40H2,1-2H3,(H4-2,57,58,61,62,63,64,65,66,67,68,69,70)/p+2/b45-37-,46-38-/t49-,50-/m0/s1. The topological polar surface area (TPSA) is 234 Å². The van der Waals surface area contributed by atoms with Crippen molar-refractivity contribution in [2.45, 2.75) is 155 Å². The molecule has 0 aliphatic carbocycles. The normalized spacial score (nSPS) is 12.4. The molecule has 2 aromatic carbocycles. The van der Waals surface area contributed by atoms with E-state index in [4.69, 9.17) is 9.47 Å². The van der Waals surface area contributed by atoms with Gasteiger partial charge in [0.15, 0.2) is 23.8 Å². The number of unbranched alkanes of at least 4 members (excludes halogenated alkanes) is 6. The lowest BCUT2D eigenvalue weighted by atomic mass is 9.93. The van der Waals surface area contributed by atoms with Crippen LogP contribution in [0.4, 0.5) is 9.59 Å². The highest BCUT2D eigenvalue weighted by atomic mass is 16.6. The van der Waals surface area contributed by atoms with Crippen LogP contribution in [0.2, 0.25) is 0 Å². The van der Waals surface area contributed by atoms with Gasteiger partial charge in [0, 0.05) is 49.3 Å². The number of ether oxygens (including phenoxy) is 2. The molecule has 0 unspecified atom stereocenters. The van der Waals surface area contributed by atoms with Gasteiger partial charge < -0.3 is 40.5 Å². The molecule has 0 radical (unpaired) electrons. The number of aliphatic carboxylic acids is 4. The van der Waals surface area contributed by atoms with Crippen LogP contribution in [0, 0.1) is 0 Å². The van der Waals surface area contributed by atoms with Crippen LogP contribution in [0.25, 0.3) is 0 Å². The summed E-state index contributed by atoms with van der Waals surface area (Å²) in [4.78, 5) is 74.5. The number of aryl methyl sites for hydroxylation is 4. The largest absolute Gasteiger partial charge is 0.480 e. The highest BCUT2D eigenvalue weighted by molar-refractivity contribution is 5.85. The number of carbonyl (C=O) groups excluding carboxylic acids is 2. The fraction of sp³-hybridized carbons (Fsp3) is 0.429. The zero-order valence-electron chi connectivity index (χ0n) is 41.6. The summed E-state index contributed by atoms with van der Waals surface area (Å²) < 4.78 is 14.4. The third kappa shape index (κ3) is 21.7. The van der Waals surface area contributed by atoms with Gasteiger partial charge in [0.2, 0.25) is 0 Å². The third-order valence-corrected chi connectivity index (χ3v) is 12.2. The van der Waals surface area contributed by atoms with Gasteiger partial charge in [-0.05, 0) is 84.8 Å². The quantitative estimate of drug-likeness (QED) is 0.0114. The Morgan fingerprint density at radius 3 is 1.25 bits per heavy atom. The van der Waals surface area contributed by atoms with E-state index in [1.165, 1.54) is 0 Å². The summed E-state index contributed by atoms with van der Waals surface area (Å²) in [5.74, 6) is -4.87. The molecule has 0 saturated carbocycles. The molecular weight excluding hydrogens is 921 g/mol. The maximum Gasteiger partial charge on any atom is 0.408 e. The molecule has 386 valence electrons. The summed E-state index contributed by atoms with van der Waals surface area (Å²) in [5, 5.41) is 45.2. The molecule has 0 saturated heterocycles. The maximum atomic E-state index is 12.6. The second-order valence-electron chi connectivity index (χ2n) is 17.9. The number of nitrogens with one attached hydrogen (secondary N) is 2. The molecule has 2 amide bonds. The summed E-state index contributed by atoms with van der Waals surface area (Å²) >= 11 is 0. The molecule has 4 aromatic rings. The lowest BCUT2D eigenvalue weighted by Crippen LogP contribution is -2.42. The van der Waals surface area contributed by atoms with Crippen molar-refractivity contribution in [1.29, 1.82) is 0 Å². The van der Waals surface area contributed by atoms with E-state index in [-0.39, 0.29) is 38.9 Å². The number of carbonyl (C=O) groups is 6. The highest BCUT2D eigenvalue weighted by Crippen LogP contribution is 2.22. The van der Waals surface area contributed by atoms with Crippen LogP contribution < -0.4 is 19.8 Å². The van der Waals surface area contributed by atoms with Gasteiger partial charge in [-0.2, -0.15) is 0 Å². The summed E-state index contributed by atoms with van der Waals surface area (Å²) in [6.45, 7) is 5.09. The summed E-state index contributed by atoms with van der Waals surface area (Å²) in [7, 11) is 0. The van der Waals surface area contributed by atoms with Gasteiger partial charge in [-0.25, -0.2) is 37.9 Å². The lowest BCUT2D eigenvalue weighted by molar-refractivity contribution is -0.704. The van der Waals surface area contributed by atoms with E-state index in [0.29, 0.717) is 49.9 Å². The fourth-order valence-electron chi connectivity index (χ4n) is 8.26. The van der Waals surface area contributed by atoms with Gasteiger partial charge in [0.1, 0.15) is 38.4 Å². The second-order valence-corrected chi connectivity index (χ2v) is 17.9. The molecular formula is C56H72N4O12+2. The van der Waals surface area contributed by atoms with E-state index in [1.54, 1.807) is 24.3 Å². The number of rotatable bonds is 33. The van der Waals surface area contributed by atoms with E-state index < -0.39 is 48.1 Å². The Morgan fingerprint density at radius 2 is 0.903 bits per heavy atom. The molecule has 0 bridgehead atoms. The molecule has 2 heterocycles. The number of amides is 2. The number of aromatic nitrogens is 2. The Morgan fingerprint density at radius 1 is 0.514 bits per heavy atom. The van der Waals surface area contributed by atoms with Gasteiger partial charge in [-0.15, -0.1) is 0 Å². The third-order valence-electron chi connectivity index (χ3n) is 12.2. The van der Waals surface area contributed by atoms with Crippen molar-refractivity contribution in [2.24, 2.45) is 0 Å². The number of allylic oxidation sites excluding steroid dienone is 2. The van der Waals surface area contributed by atoms with Crippen LogP contribution in [-0.2, 0) is 80.6 Å². The van der Waals surface area contributed by atoms with Gasteiger partial charge >= 0.3 is 36.1 Å². The number of hydrogen-bond acceptors (Lipinski definition) is 8. The number of benzene rings is 2. The minimum absolute atomic E-state index is 0.00700. The molecule has 4 rings (SSSR count). The minimum atomic E-state index is -1.24. The van der Waals surface area contributed by atoms with Gasteiger partial charge in [0.25, 0.3) is 0 Å². The molecule has 2 atom stereocenters. The Kier molecular flexibility index (Phi) is 25.3. The summed E-state index contributed by atoms with van der Waals surface area (Å²) in [6, 6.07) is 23.8. The monoisotopic (exact) mass is 993 g/mol. The van der Waals surface area contributed by atoms with Gasteiger partial charge in [-0.3, -0.25) is 0 Å². The summed E-state index contributed by atoms with van der Waals surface area (Å²) in [6.07, 6.45) is 14.2. The number of hydrogen-bond donors (Lipinski definition) is 6. The molecule has 72 heavy (non-hydrogen) atoms. The molecule has 2 aromatic heterocycles. The fourth-order valence-corrected chi connectivity index (χ4v) is 8.26.